The summed E-state index contributed by atoms with van der Waals surface area (Å²) in [5, 5.41) is 40.3. The summed E-state index contributed by atoms with van der Waals surface area (Å²) < 4.78 is 0. The number of rotatable bonds is 8. The zero-order chi connectivity index (χ0) is 17.2. The second-order valence-corrected chi connectivity index (χ2v) is 3.51. The third-order valence-electron chi connectivity index (χ3n) is 1.68. The molecule has 0 heterocycles. The first kappa shape index (κ1) is 20.3. The number of carbonyl (C=O) groups excluding carboxylic acids is 1. The topological polar surface area (TPSA) is 204 Å². The number of carbonyl (C=O) groups is 6. The maximum absolute atomic E-state index is 10.8. The van der Waals surface area contributed by atoms with E-state index in [1.54, 1.807) is 0 Å². The van der Waals surface area contributed by atoms with Crippen LogP contribution in [0.25, 0.3) is 0 Å². The van der Waals surface area contributed by atoms with Gasteiger partial charge in [0, 0.05) is 6.42 Å². The molecule has 0 aromatic carbocycles. The molecule has 0 spiro atoms. The van der Waals surface area contributed by atoms with Crippen LogP contribution >= 0.6 is 0 Å². The fourth-order valence-corrected chi connectivity index (χ4v) is 0.878. The lowest BCUT2D eigenvalue weighted by atomic mass is 10.0. The van der Waals surface area contributed by atoms with Crippen molar-refractivity contribution in [3.05, 3.63) is 0 Å². The summed E-state index contributed by atoms with van der Waals surface area (Å²) in [5.74, 6) is -10.1. The monoisotopic (exact) mass is 308 g/mol. The summed E-state index contributed by atoms with van der Waals surface area (Å²) in [5.41, 5.74) is 0. The molecular weight excluding hydrogens is 296 g/mol. The predicted octanol–water partition coefficient (Wildman–Crippen LogP) is -1.25. The Morgan fingerprint density at radius 3 is 1.14 bits per heavy atom. The van der Waals surface area contributed by atoms with Crippen molar-refractivity contribution in [3.63, 3.8) is 0 Å². The van der Waals surface area contributed by atoms with E-state index in [0.717, 1.165) is 0 Å². The summed E-state index contributed by atoms with van der Waals surface area (Å²) >= 11 is 0. The second kappa shape index (κ2) is 9.89. The normalized spacial score (nSPS) is 9.19. The Bertz CT molecular complexity index is 424. The molecule has 11 nitrogen and oxygen atoms in total. The first-order valence-electron chi connectivity index (χ1n) is 5.10. The average molecular weight is 308 g/mol. The van der Waals surface area contributed by atoms with Crippen LogP contribution in [0.4, 0.5) is 0 Å². The van der Waals surface area contributed by atoms with Crippen LogP contribution in [-0.4, -0.2) is 61.2 Å². The Hall–Kier alpha value is -2.98. The summed E-state index contributed by atoms with van der Waals surface area (Å²) in [6, 6.07) is 0. The zero-order valence-electron chi connectivity index (χ0n) is 10.4. The Balaban J connectivity index is 0. The molecule has 0 unspecified atom stereocenters. The van der Waals surface area contributed by atoms with Crippen LogP contribution < -0.4 is 0 Å². The van der Waals surface area contributed by atoms with Crippen molar-refractivity contribution in [2.45, 2.75) is 19.3 Å². The Labute approximate surface area is 116 Å². The van der Waals surface area contributed by atoms with E-state index in [9.17, 15) is 28.8 Å². The lowest BCUT2D eigenvalue weighted by Crippen LogP contribution is -2.26. The van der Waals surface area contributed by atoms with E-state index in [2.05, 4.69) is 0 Å². The van der Waals surface area contributed by atoms with Gasteiger partial charge in [0.1, 0.15) is 18.6 Å². The number of aliphatic carboxylic acids is 5. The highest BCUT2D eigenvalue weighted by atomic mass is 16.4. The molecule has 11 heteroatoms. The highest BCUT2D eigenvalue weighted by Crippen LogP contribution is 2.06. The van der Waals surface area contributed by atoms with Crippen LogP contribution in [-0.2, 0) is 28.8 Å². The molecule has 0 aliphatic rings. The standard InChI is InChI=1S/C7H8O7.C3H4O4/c8-3(2-5(9)10)1-4(6(11)12)7(13)14;4-2(5)1-3(6)7/h4H,1-2H2,(H,9,10)(H,11,12)(H,13,14);1H2,(H,4,5)(H,6,7). The van der Waals surface area contributed by atoms with Crippen molar-refractivity contribution < 1.29 is 54.3 Å². The minimum absolute atomic E-state index is 0.806. The fourth-order valence-electron chi connectivity index (χ4n) is 0.878. The van der Waals surface area contributed by atoms with E-state index in [1.165, 1.54) is 0 Å². The van der Waals surface area contributed by atoms with Gasteiger partial charge in [-0.1, -0.05) is 0 Å². The minimum atomic E-state index is -1.87. The van der Waals surface area contributed by atoms with Gasteiger partial charge in [-0.15, -0.1) is 0 Å². The molecule has 0 radical (unpaired) electrons. The van der Waals surface area contributed by atoms with E-state index in [0.29, 0.717) is 0 Å². The number of hydrogen-bond donors (Lipinski definition) is 5. The van der Waals surface area contributed by atoms with Crippen LogP contribution in [0.5, 0.6) is 0 Å². The smallest absolute Gasteiger partial charge is 0.318 e. The second-order valence-electron chi connectivity index (χ2n) is 3.51. The summed E-state index contributed by atoms with van der Waals surface area (Å²) in [4.78, 5) is 60.2. The lowest BCUT2D eigenvalue weighted by molar-refractivity contribution is -0.157. The quantitative estimate of drug-likeness (QED) is 0.335. The first-order chi connectivity index (χ1) is 9.47. The summed E-state index contributed by atoms with van der Waals surface area (Å²) in [6.45, 7) is 0. The van der Waals surface area contributed by atoms with E-state index >= 15 is 0 Å². The molecule has 0 aliphatic heterocycles. The average Bonchev–Trinajstić information content (AvgIpc) is 2.22. The molecule has 21 heavy (non-hydrogen) atoms. The van der Waals surface area contributed by atoms with Crippen LogP contribution in [0.1, 0.15) is 19.3 Å². The van der Waals surface area contributed by atoms with E-state index in [4.69, 9.17) is 25.5 Å². The van der Waals surface area contributed by atoms with E-state index in [1.807, 2.05) is 0 Å². The Kier molecular flexibility index (Phi) is 9.58. The maximum atomic E-state index is 10.8. The van der Waals surface area contributed by atoms with Gasteiger partial charge in [0.15, 0.2) is 5.92 Å². The minimum Gasteiger partial charge on any atom is -0.481 e. The number of carboxylic acid groups (broad SMARTS) is 5. The highest BCUT2D eigenvalue weighted by Gasteiger charge is 2.28. The van der Waals surface area contributed by atoms with Crippen molar-refractivity contribution in [2.24, 2.45) is 5.92 Å². The van der Waals surface area contributed by atoms with Gasteiger partial charge in [0.2, 0.25) is 0 Å². The third kappa shape index (κ3) is 13.3. The molecule has 0 aromatic rings. The van der Waals surface area contributed by atoms with Crippen LogP contribution in [0.15, 0.2) is 0 Å². The van der Waals surface area contributed by atoms with Gasteiger partial charge in [0.05, 0.1) is 0 Å². The summed E-state index contributed by atoms with van der Waals surface area (Å²) in [7, 11) is 0. The molecule has 0 bridgehead atoms. The molecule has 0 atom stereocenters. The number of ketones is 1. The number of Topliss-reactive ketones (excluding diaryl/α,β-unsaturated/α-hetero) is 1. The van der Waals surface area contributed by atoms with Crippen molar-refractivity contribution >= 4 is 35.6 Å². The largest absolute Gasteiger partial charge is 0.481 e. The lowest BCUT2D eigenvalue weighted by Gasteiger charge is -2.04. The molecule has 0 amide bonds. The van der Waals surface area contributed by atoms with E-state index in [-0.39, 0.29) is 0 Å². The van der Waals surface area contributed by atoms with Gasteiger partial charge < -0.3 is 25.5 Å². The zero-order valence-corrected chi connectivity index (χ0v) is 10.4. The SMILES string of the molecule is O=C(O)CC(=O)CC(C(=O)O)C(=O)O.O=C(O)CC(=O)O. The van der Waals surface area contributed by atoms with Gasteiger partial charge in [-0.3, -0.25) is 28.8 Å². The molecular formula is C10H12O11. The Morgan fingerprint density at radius 1 is 0.619 bits per heavy atom. The predicted molar refractivity (Wildman–Crippen MR) is 60.5 cm³/mol. The van der Waals surface area contributed by atoms with Gasteiger partial charge in [-0.2, -0.15) is 0 Å². The highest BCUT2D eigenvalue weighted by molar-refractivity contribution is 6.01. The van der Waals surface area contributed by atoms with Crippen LogP contribution in [0.2, 0.25) is 0 Å². The molecule has 0 saturated heterocycles. The Morgan fingerprint density at radius 2 is 0.952 bits per heavy atom. The first-order valence-corrected chi connectivity index (χ1v) is 5.10. The van der Waals surface area contributed by atoms with Crippen molar-refractivity contribution in [1.29, 1.82) is 0 Å². The van der Waals surface area contributed by atoms with Gasteiger partial charge in [-0.05, 0) is 0 Å². The maximum Gasteiger partial charge on any atom is 0.318 e. The van der Waals surface area contributed by atoms with Crippen LogP contribution in [0, 0.1) is 5.92 Å². The summed E-state index contributed by atoms with van der Waals surface area (Å²) in [6.07, 6.45) is -2.48. The number of hydrogen-bond acceptors (Lipinski definition) is 6. The van der Waals surface area contributed by atoms with E-state index < -0.39 is 60.8 Å². The van der Waals surface area contributed by atoms with Crippen LogP contribution in [0.3, 0.4) is 0 Å². The fraction of sp³-hybridized carbons (Fsp3) is 0.400. The molecule has 5 N–H and O–H groups in total. The molecule has 0 saturated carbocycles. The molecule has 0 aliphatic carbocycles. The van der Waals surface area contributed by atoms with Gasteiger partial charge >= 0.3 is 29.8 Å². The third-order valence-corrected chi connectivity index (χ3v) is 1.68. The van der Waals surface area contributed by atoms with Crippen molar-refractivity contribution in [3.8, 4) is 0 Å². The van der Waals surface area contributed by atoms with Gasteiger partial charge in [-0.25, -0.2) is 0 Å². The van der Waals surface area contributed by atoms with Crippen molar-refractivity contribution in [1.82, 2.24) is 0 Å². The number of carboxylic acids is 5. The van der Waals surface area contributed by atoms with Gasteiger partial charge in [0.25, 0.3) is 0 Å². The molecule has 0 aromatic heterocycles. The molecule has 0 rings (SSSR count). The molecule has 0 fully saturated rings. The van der Waals surface area contributed by atoms with Crippen molar-refractivity contribution in [2.75, 3.05) is 0 Å². The molecule has 118 valence electrons.